The molecule has 0 bridgehead atoms. The number of carboxylic acids is 2. The lowest BCUT2D eigenvalue weighted by Crippen LogP contribution is -2.51. The number of thiophene rings is 1. The summed E-state index contributed by atoms with van der Waals surface area (Å²) in [6.45, 7) is 9.43. The highest BCUT2D eigenvalue weighted by atomic mass is 32.1. The van der Waals surface area contributed by atoms with E-state index < -0.39 is 24.3 Å². The van der Waals surface area contributed by atoms with Crippen LogP contribution in [0.25, 0.3) is 5.65 Å². The van der Waals surface area contributed by atoms with Crippen molar-refractivity contribution in [2.75, 3.05) is 32.7 Å². The fraction of sp³-hybridized carbons (Fsp3) is 0.536. The highest BCUT2D eigenvalue weighted by molar-refractivity contribution is 7.09. The Morgan fingerprint density at radius 1 is 1.00 bits per heavy atom. The van der Waals surface area contributed by atoms with E-state index in [4.69, 9.17) is 19.8 Å². The lowest BCUT2D eigenvalue weighted by atomic mass is 10.1. The van der Waals surface area contributed by atoms with Crippen LogP contribution in [0.2, 0.25) is 0 Å². The van der Waals surface area contributed by atoms with Crippen LogP contribution < -0.4 is 5.32 Å². The minimum Gasteiger partial charge on any atom is -0.475 e. The molecule has 3 N–H and O–H groups in total. The zero-order valence-corrected chi connectivity index (χ0v) is 25.7. The van der Waals surface area contributed by atoms with Gasteiger partial charge in [0.15, 0.2) is 11.5 Å². The van der Waals surface area contributed by atoms with Crippen molar-refractivity contribution in [3.63, 3.8) is 0 Å². The SMILES string of the molecule is CC(C)N1CCN(CC2CC2)CC1c1nnc2ccc(C(=O)NCCc3cccs3)cn12.O=C(O)C(F)(F)F.O=C(O)C(F)(F)F. The lowest BCUT2D eigenvalue weighted by molar-refractivity contribution is -0.193. The predicted molar refractivity (Wildman–Crippen MR) is 154 cm³/mol. The van der Waals surface area contributed by atoms with E-state index in [2.05, 4.69) is 50.6 Å². The second-order valence-corrected chi connectivity index (χ2v) is 12.0. The summed E-state index contributed by atoms with van der Waals surface area (Å²) in [6.07, 6.45) is -4.67. The number of pyridine rings is 1. The first kappa shape index (κ1) is 36.7. The number of alkyl halides is 6. The molecule has 254 valence electrons. The largest absolute Gasteiger partial charge is 0.490 e. The molecule has 4 heterocycles. The molecule has 1 aliphatic carbocycles. The normalized spacial score (nSPS) is 17.5. The quantitative estimate of drug-likeness (QED) is 0.293. The fourth-order valence-electron chi connectivity index (χ4n) is 4.66. The Balaban J connectivity index is 0.000000345. The average molecular weight is 681 g/mol. The van der Waals surface area contributed by atoms with Crippen LogP contribution >= 0.6 is 11.3 Å². The maximum absolute atomic E-state index is 12.8. The van der Waals surface area contributed by atoms with E-state index in [1.54, 1.807) is 11.3 Å². The van der Waals surface area contributed by atoms with Gasteiger partial charge in [0.05, 0.1) is 11.6 Å². The molecule has 5 rings (SSSR count). The molecule has 1 atom stereocenters. The minimum atomic E-state index is -5.08. The summed E-state index contributed by atoms with van der Waals surface area (Å²) in [5, 5.41) is 28.4. The van der Waals surface area contributed by atoms with E-state index >= 15 is 0 Å². The van der Waals surface area contributed by atoms with Crippen molar-refractivity contribution in [2.45, 2.75) is 57.5 Å². The standard InChI is InChI=1S/C24H32N6OS.2C2HF3O2/c1-17(2)29-12-11-28(14-18-5-6-18)16-21(29)23-27-26-22-8-7-19(15-30(22)23)24(31)25-10-9-20-4-3-13-32-20;2*3-2(4,5)1(6)7/h3-4,7-8,13,15,17-18,21H,5-6,9-12,14,16H2,1-2H3,(H,25,31);2*(H,6,7). The van der Waals surface area contributed by atoms with Gasteiger partial charge in [0.2, 0.25) is 0 Å². The zero-order chi connectivity index (χ0) is 34.2. The van der Waals surface area contributed by atoms with E-state index in [0.717, 1.165) is 43.4 Å². The third-order valence-corrected chi connectivity index (χ3v) is 8.03. The Hall–Kier alpha value is -3.77. The summed E-state index contributed by atoms with van der Waals surface area (Å²) in [4.78, 5) is 37.0. The predicted octanol–water partition coefficient (Wildman–Crippen LogP) is 4.51. The van der Waals surface area contributed by atoms with Gasteiger partial charge in [-0.25, -0.2) is 9.59 Å². The number of rotatable bonds is 8. The molecular weight excluding hydrogens is 646 g/mol. The molecule has 3 aromatic rings. The van der Waals surface area contributed by atoms with Gasteiger partial charge < -0.3 is 15.5 Å². The number of carbonyl (C=O) groups is 3. The summed E-state index contributed by atoms with van der Waals surface area (Å²) >= 11 is 1.72. The van der Waals surface area contributed by atoms with Crippen molar-refractivity contribution < 1.29 is 50.9 Å². The first-order valence-electron chi connectivity index (χ1n) is 14.2. The number of nitrogens with zero attached hydrogens (tertiary/aromatic N) is 5. The van der Waals surface area contributed by atoms with Gasteiger partial charge in [0.25, 0.3) is 5.91 Å². The molecule has 0 spiro atoms. The number of hydrogen-bond acceptors (Lipinski definition) is 8. The Bertz CT molecular complexity index is 1440. The van der Waals surface area contributed by atoms with E-state index in [0.29, 0.717) is 18.2 Å². The Morgan fingerprint density at radius 3 is 2.15 bits per heavy atom. The number of amides is 1. The molecule has 46 heavy (non-hydrogen) atoms. The van der Waals surface area contributed by atoms with Crippen molar-refractivity contribution in [3.05, 3.63) is 52.1 Å². The Labute approximate surface area is 263 Å². The molecule has 3 aromatic heterocycles. The van der Waals surface area contributed by atoms with Gasteiger partial charge >= 0.3 is 24.3 Å². The fourth-order valence-corrected chi connectivity index (χ4v) is 5.37. The van der Waals surface area contributed by atoms with Crippen LogP contribution in [-0.2, 0) is 16.0 Å². The number of nitrogens with one attached hydrogen (secondary N) is 1. The highest BCUT2D eigenvalue weighted by Gasteiger charge is 2.39. The third-order valence-electron chi connectivity index (χ3n) is 7.09. The molecule has 0 aromatic carbocycles. The molecule has 1 amide bonds. The number of fused-ring (bicyclic) bond motifs is 1. The summed E-state index contributed by atoms with van der Waals surface area (Å²) in [6, 6.07) is 8.49. The van der Waals surface area contributed by atoms with Crippen molar-refractivity contribution in [3.8, 4) is 0 Å². The number of carbonyl (C=O) groups excluding carboxylic acids is 1. The second-order valence-electron chi connectivity index (χ2n) is 10.9. The number of carboxylic acid groups (broad SMARTS) is 2. The van der Waals surface area contributed by atoms with Gasteiger partial charge in [0.1, 0.15) is 0 Å². The van der Waals surface area contributed by atoms with E-state index in [1.165, 1.54) is 24.3 Å². The second kappa shape index (κ2) is 15.7. The van der Waals surface area contributed by atoms with Gasteiger partial charge in [-0.05, 0) is 62.6 Å². The lowest BCUT2D eigenvalue weighted by Gasteiger charge is -2.42. The van der Waals surface area contributed by atoms with Crippen LogP contribution in [-0.4, -0.2) is 104 Å². The van der Waals surface area contributed by atoms with Crippen molar-refractivity contribution in [2.24, 2.45) is 5.92 Å². The topological polar surface area (TPSA) is 140 Å². The maximum Gasteiger partial charge on any atom is 0.490 e. The van der Waals surface area contributed by atoms with E-state index in [9.17, 15) is 31.1 Å². The molecular formula is C28H34F6N6O5S. The Morgan fingerprint density at radius 2 is 1.63 bits per heavy atom. The number of hydrogen-bond donors (Lipinski definition) is 3. The van der Waals surface area contributed by atoms with Crippen LogP contribution in [0, 0.1) is 5.92 Å². The monoisotopic (exact) mass is 680 g/mol. The van der Waals surface area contributed by atoms with Crippen molar-refractivity contribution >= 4 is 34.8 Å². The van der Waals surface area contributed by atoms with Gasteiger partial charge in [-0.1, -0.05) is 6.07 Å². The van der Waals surface area contributed by atoms with Crippen LogP contribution in [0.3, 0.4) is 0 Å². The summed E-state index contributed by atoms with van der Waals surface area (Å²) in [5.41, 5.74) is 1.43. The van der Waals surface area contributed by atoms with Gasteiger partial charge in [-0.3, -0.25) is 19.0 Å². The zero-order valence-electron chi connectivity index (χ0n) is 24.9. The summed E-state index contributed by atoms with van der Waals surface area (Å²) in [7, 11) is 0. The van der Waals surface area contributed by atoms with Crippen molar-refractivity contribution in [1.29, 1.82) is 0 Å². The molecule has 18 heteroatoms. The third kappa shape index (κ3) is 10.9. The molecule has 1 unspecified atom stereocenters. The highest BCUT2D eigenvalue weighted by Crippen LogP contribution is 2.33. The molecule has 2 aliphatic rings. The number of halogens is 6. The van der Waals surface area contributed by atoms with Crippen LogP contribution in [0.15, 0.2) is 35.8 Å². The minimum absolute atomic E-state index is 0.0529. The van der Waals surface area contributed by atoms with Crippen molar-refractivity contribution in [1.82, 2.24) is 29.7 Å². The maximum atomic E-state index is 12.8. The van der Waals surface area contributed by atoms with Gasteiger partial charge in [-0.15, -0.1) is 21.5 Å². The Kier molecular flexibility index (Phi) is 12.5. The van der Waals surface area contributed by atoms with E-state index in [-0.39, 0.29) is 11.9 Å². The molecule has 11 nitrogen and oxygen atoms in total. The van der Waals surface area contributed by atoms with Gasteiger partial charge in [0, 0.05) is 49.8 Å². The van der Waals surface area contributed by atoms with E-state index in [1.807, 2.05) is 28.8 Å². The first-order valence-corrected chi connectivity index (χ1v) is 15.1. The molecule has 1 saturated heterocycles. The van der Waals surface area contributed by atoms with Crippen LogP contribution in [0.5, 0.6) is 0 Å². The van der Waals surface area contributed by atoms with Crippen LogP contribution in [0.4, 0.5) is 26.3 Å². The molecule has 1 aliphatic heterocycles. The average Bonchev–Trinajstić information content (AvgIpc) is 3.44. The first-order chi connectivity index (χ1) is 21.5. The van der Waals surface area contributed by atoms with Crippen LogP contribution in [0.1, 0.15) is 53.8 Å². The summed E-state index contributed by atoms with van der Waals surface area (Å²) < 4.78 is 65.5. The molecule has 2 fully saturated rings. The number of piperazine rings is 1. The molecule has 0 radical (unpaired) electrons. The number of aromatic nitrogens is 3. The smallest absolute Gasteiger partial charge is 0.475 e. The summed E-state index contributed by atoms with van der Waals surface area (Å²) in [5.74, 6) is -3.76. The number of aliphatic carboxylic acids is 2. The van der Waals surface area contributed by atoms with Gasteiger partial charge in [-0.2, -0.15) is 26.3 Å². The molecule has 1 saturated carbocycles.